The molecule has 0 aliphatic carbocycles. The summed E-state index contributed by atoms with van der Waals surface area (Å²) >= 11 is 0. The highest BCUT2D eigenvalue weighted by molar-refractivity contribution is 7.92. The lowest BCUT2D eigenvalue weighted by molar-refractivity contribution is -0.00859. The molecule has 0 radical (unpaired) electrons. The Morgan fingerprint density at radius 1 is 1.16 bits per heavy atom. The Balaban J connectivity index is 1.24. The molecule has 0 amide bonds. The summed E-state index contributed by atoms with van der Waals surface area (Å²) in [6.07, 6.45) is 6.09. The van der Waals surface area contributed by atoms with E-state index >= 15 is 0 Å². The fraction of sp³-hybridized carbons (Fsp3) is 0.375. The van der Waals surface area contributed by atoms with Crippen molar-refractivity contribution >= 4 is 32.4 Å². The maximum absolute atomic E-state index is 12.8. The predicted octanol–water partition coefficient (Wildman–Crippen LogP) is 3.58. The van der Waals surface area contributed by atoms with Crippen LogP contribution in [0.4, 0.5) is 5.69 Å². The molecule has 1 aromatic heterocycles. The maximum atomic E-state index is 12.8. The maximum Gasteiger partial charge on any atom is 0.229 e. The SMILES string of the molecule is CS(=O)(=O)Nc1ccc2c(c1)OC1(CCN(CCc3c[nH]c4ccccc34)CC1)CC2=O. The topological polar surface area (TPSA) is 91.5 Å². The van der Waals surface area contributed by atoms with Gasteiger partial charge in [0.2, 0.25) is 10.0 Å². The van der Waals surface area contributed by atoms with Crippen LogP contribution in [0.15, 0.2) is 48.7 Å². The fourth-order valence-corrected chi connectivity index (χ4v) is 5.41. The van der Waals surface area contributed by atoms with Crippen LogP contribution in [0.3, 0.4) is 0 Å². The number of likely N-dealkylation sites (tertiary alicyclic amines) is 1. The smallest absolute Gasteiger partial charge is 0.229 e. The molecule has 168 valence electrons. The number of nitrogens with one attached hydrogen (secondary N) is 2. The van der Waals surface area contributed by atoms with Gasteiger partial charge in [-0.1, -0.05) is 18.2 Å². The molecule has 0 bridgehead atoms. The third-order valence-corrected chi connectivity index (χ3v) is 7.14. The molecule has 3 aromatic rings. The Hall–Kier alpha value is -2.84. The van der Waals surface area contributed by atoms with E-state index in [9.17, 15) is 13.2 Å². The van der Waals surface area contributed by atoms with Crippen LogP contribution < -0.4 is 9.46 Å². The lowest BCUT2D eigenvalue weighted by atomic mass is 9.82. The van der Waals surface area contributed by atoms with Gasteiger partial charge in [0.25, 0.3) is 0 Å². The number of para-hydroxylation sites is 1. The molecule has 0 saturated carbocycles. The van der Waals surface area contributed by atoms with Crippen molar-refractivity contribution in [2.24, 2.45) is 0 Å². The van der Waals surface area contributed by atoms with Crippen LogP contribution in [0.25, 0.3) is 10.9 Å². The highest BCUT2D eigenvalue weighted by atomic mass is 32.2. The van der Waals surface area contributed by atoms with Gasteiger partial charge in [-0.05, 0) is 30.2 Å². The summed E-state index contributed by atoms with van der Waals surface area (Å²) in [6.45, 7) is 2.70. The van der Waals surface area contributed by atoms with Crippen molar-refractivity contribution < 1.29 is 17.9 Å². The standard InChI is InChI=1S/C24H27N3O4S/c1-32(29,30)26-18-6-7-20-22(28)15-24(31-23(20)14-18)9-12-27(13-10-24)11-8-17-16-25-21-5-3-2-4-19(17)21/h2-7,14,16,25-26H,8-13,15H2,1H3. The molecule has 0 atom stereocenters. The average Bonchev–Trinajstić information content (AvgIpc) is 3.15. The van der Waals surface area contributed by atoms with Gasteiger partial charge in [-0.15, -0.1) is 0 Å². The number of ether oxygens (including phenoxy) is 1. The Bertz CT molecular complexity index is 1270. The molecule has 8 heteroatoms. The first kappa shape index (κ1) is 21.0. The van der Waals surface area contributed by atoms with E-state index in [1.807, 2.05) is 6.07 Å². The molecule has 2 N–H and O–H groups in total. The number of aromatic amines is 1. The zero-order valence-corrected chi connectivity index (χ0v) is 18.9. The number of hydrogen-bond donors (Lipinski definition) is 2. The first-order chi connectivity index (χ1) is 15.3. The number of nitrogens with zero attached hydrogens (tertiary/aromatic N) is 1. The molecule has 1 saturated heterocycles. The number of carbonyl (C=O) groups excluding carboxylic acids is 1. The molecule has 0 unspecified atom stereocenters. The van der Waals surface area contributed by atoms with Crippen molar-refractivity contribution in [2.45, 2.75) is 31.3 Å². The van der Waals surface area contributed by atoms with Gasteiger partial charge < -0.3 is 14.6 Å². The molecule has 5 rings (SSSR count). The van der Waals surface area contributed by atoms with Gasteiger partial charge in [-0.2, -0.15) is 0 Å². The second-order valence-corrected chi connectivity index (χ2v) is 10.7. The molecule has 1 spiro atoms. The molecular weight excluding hydrogens is 426 g/mol. The molecule has 2 aromatic carbocycles. The van der Waals surface area contributed by atoms with Crippen LogP contribution in [0, 0.1) is 0 Å². The second kappa shape index (κ2) is 7.94. The average molecular weight is 454 g/mol. The van der Waals surface area contributed by atoms with E-state index in [-0.39, 0.29) is 5.78 Å². The lowest BCUT2D eigenvalue weighted by Crippen LogP contribution is -2.51. The van der Waals surface area contributed by atoms with Crippen LogP contribution in [0.2, 0.25) is 0 Å². The number of piperidine rings is 1. The molecule has 2 aliphatic heterocycles. The van der Waals surface area contributed by atoms with Gasteiger partial charge in [0, 0.05) is 55.6 Å². The summed E-state index contributed by atoms with van der Waals surface area (Å²) in [7, 11) is -3.40. The number of aromatic nitrogens is 1. The van der Waals surface area contributed by atoms with Gasteiger partial charge in [-0.3, -0.25) is 9.52 Å². The predicted molar refractivity (Wildman–Crippen MR) is 125 cm³/mol. The van der Waals surface area contributed by atoms with Gasteiger partial charge >= 0.3 is 0 Å². The number of ketones is 1. The number of H-pyrrole nitrogens is 1. The number of fused-ring (bicyclic) bond motifs is 2. The third-order valence-electron chi connectivity index (χ3n) is 6.53. The summed E-state index contributed by atoms with van der Waals surface area (Å²) < 4.78 is 31.9. The van der Waals surface area contributed by atoms with Crippen molar-refractivity contribution in [3.8, 4) is 5.75 Å². The zero-order valence-electron chi connectivity index (χ0n) is 18.1. The van der Waals surface area contributed by atoms with Gasteiger partial charge in [0.1, 0.15) is 11.4 Å². The number of rotatable bonds is 5. The fourth-order valence-electron chi connectivity index (χ4n) is 4.85. The number of Topliss-reactive ketones (excluding diaryl/α,β-unsaturated/α-hetero) is 1. The number of benzene rings is 2. The molecule has 2 aliphatic rings. The molecular formula is C24H27N3O4S. The van der Waals surface area contributed by atoms with Gasteiger partial charge in [0.15, 0.2) is 5.78 Å². The number of sulfonamides is 1. The summed E-state index contributed by atoms with van der Waals surface area (Å²) in [5.74, 6) is 0.534. The number of hydrogen-bond acceptors (Lipinski definition) is 5. The summed E-state index contributed by atoms with van der Waals surface area (Å²) in [5, 5.41) is 1.28. The minimum atomic E-state index is -3.40. The molecule has 1 fully saturated rings. The Kier molecular flexibility index (Phi) is 5.22. The lowest BCUT2D eigenvalue weighted by Gasteiger charge is -2.44. The monoisotopic (exact) mass is 453 g/mol. The van der Waals surface area contributed by atoms with Crippen molar-refractivity contribution in [3.63, 3.8) is 0 Å². The summed E-state index contributed by atoms with van der Waals surface area (Å²) in [5.41, 5.74) is 2.91. The van der Waals surface area contributed by atoms with Gasteiger partial charge in [-0.25, -0.2) is 8.42 Å². The molecule has 7 nitrogen and oxygen atoms in total. The first-order valence-corrected chi connectivity index (χ1v) is 12.8. The van der Waals surface area contributed by atoms with Crippen LogP contribution in [0.5, 0.6) is 5.75 Å². The highest BCUT2D eigenvalue weighted by Crippen LogP contribution is 2.40. The van der Waals surface area contributed by atoms with E-state index in [2.05, 4.69) is 39.0 Å². The molecule has 32 heavy (non-hydrogen) atoms. The van der Waals surface area contributed by atoms with Crippen LogP contribution >= 0.6 is 0 Å². The van der Waals surface area contributed by atoms with Crippen molar-refractivity contribution in [1.82, 2.24) is 9.88 Å². The van der Waals surface area contributed by atoms with Crippen LogP contribution in [-0.2, 0) is 16.4 Å². The highest BCUT2D eigenvalue weighted by Gasteiger charge is 2.42. The summed E-state index contributed by atoms with van der Waals surface area (Å²) in [4.78, 5) is 18.6. The van der Waals surface area contributed by atoms with Crippen LogP contribution in [-0.4, -0.2) is 55.6 Å². The van der Waals surface area contributed by atoms with E-state index in [1.54, 1.807) is 18.2 Å². The third kappa shape index (κ3) is 4.25. The van der Waals surface area contributed by atoms with Gasteiger partial charge in [0.05, 0.1) is 23.9 Å². The van der Waals surface area contributed by atoms with E-state index in [0.29, 0.717) is 23.4 Å². The van der Waals surface area contributed by atoms with Crippen molar-refractivity contribution in [3.05, 3.63) is 59.8 Å². The van der Waals surface area contributed by atoms with Crippen molar-refractivity contribution in [2.75, 3.05) is 30.6 Å². The zero-order chi connectivity index (χ0) is 22.3. The first-order valence-electron chi connectivity index (χ1n) is 10.9. The number of carbonyl (C=O) groups is 1. The Morgan fingerprint density at radius 3 is 2.72 bits per heavy atom. The number of anilines is 1. The van der Waals surface area contributed by atoms with Crippen LogP contribution in [0.1, 0.15) is 35.2 Å². The Labute approximate surface area is 187 Å². The quantitative estimate of drug-likeness (QED) is 0.616. The second-order valence-electron chi connectivity index (χ2n) is 8.92. The van der Waals surface area contributed by atoms with E-state index in [4.69, 9.17) is 4.74 Å². The summed E-state index contributed by atoms with van der Waals surface area (Å²) in [6, 6.07) is 13.2. The van der Waals surface area contributed by atoms with E-state index in [0.717, 1.165) is 50.7 Å². The van der Waals surface area contributed by atoms with E-state index < -0.39 is 15.6 Å². The normalized spacial score (nSPS) is 18.5. The minimum absolute atomic E-state index is 0.0596. The molecule has 3 heterocycles. The minimum Gasteiger partial charge on any atom is -0.486 e. The van der Waals surface area contributed by atoms with E-state index in [1.165, 1.54) is 10.9 Å². The Morgan fingerprint density at radius 2 is 1.94 bits per heavy atom. The largest absolute Gasteiger partial charge is 0.486 e. The van der Waals surface area contributed by atoms with Crippen molar-refractivity contribution in [1.29, 1.82) is 0 Å².